The Morgan fingerprint density at radius 3 is 2.63 bits per heavy atom. The number of rotatable bonds is 4. The molecule has 3 rings (SSSR count). The van der Waals surface area contributed by atoms with E-state index in [4.69, 9.17) is 9.15 Å². The van der Waals surface area contributed by atoms with Crippen molar-refractivity contribution in [3.8, 4) is 0 Å². The Morgan fingerprint density at radius 2 is 2.00 bits per heavy atom. The summed E-state index contributed by atoms with van der Waals surface area (Å²) in [6.07, 6.45) is 0. The molecule has 142 valence electrons. The predicted octanol–water partition coefficient (Wildman–Crippen LogP) is 3.50. The van der Waals surface area contributed by atoms with Crippen LogP contribution in [0.25, 0.3) is 10.2 Å². The van der Waals surface area contributed by atoms with Crippen molar-refractivity contribution in [3.63, 3.8) is 0 Å². The third-order valence-electron chi connectivity index (χ3n) is 3.76. The third kappa shape index (κ3) is 3.82. The molecule has 27 heavy (non-hydrogen) atoms. The number of halogens is 2. The van der Waals surface area contributed by atoms with Crippen LogP contribution in [0.2, 0.25) is 0 Å². The maximum Gasteiger partial charge on any atom is 0.326 e. The summed E-state index contributed by atoms with van der Waals surface area (Å²) in [6, 6.07) is 3.39. The van der Waals surface area contributed by atoms with Gasteiger partial charge in [0.2, 0.25) is 0 Å². The van der Waals surface area contributed by atoms with E-state index in [1.165, 1.54) is 4.57 Å². The fourth-order valence-electron chi connectivity index (χ4n) is 2.69. The average Bonchev–Trinajstić information content (AvgIpc) is 3.07. The average molecular weight is 394 g/mol. The maximum absolute atomic E-state index is 14.3. The molecule has 0 saturated carbocycles. The molecule has 1 aromatic carbocycles. The molecule has 3 aromatic rings. The Balaban J connectivity index is 2.18. The van der Waals surface area contributed by atoms with Crippen LogP contribution < -0.4 is 4.80 Å². The number of nitrogens with zero attached hydrogens (tertiary/aromatic N) is 2. The summed E-state index contributed by atoms with van der Waals surface area (Å²) in [4.78, 5) is 28.5. The highest BCUT2D eigenvalue weighted by molar-refractivity contribution is 7.16. The Labute approximate surface area is 156 Å². The number of carbonyl (C=O) groups excluding carboxylic acids is 2. The van der Waals surface area contributed by atoms with Crippen LogP contribution in [0.4, 0.5) is 8.78 Å². The summed E-state index contributed by atoms with van der Waals surface area (Å²) in [5, 5.41) is 0. The molecular formula is C18H16F2N2O4S. The van der Waals surface area contributed by atoms with E-state index in [2.05, 4.69) is 4.99 Å². The molecule has 0 bridgehead atoms. The molecule has 2 heterocycles. The van der Waals surface area contributed by atoms with Crippen molar-refractivity contribution in [2.45, 2.75) is 27.3 Å². The molecule has 0 aliphatic rings. The van der Waals surface area contributed by atoms with E-state index < -0.39 is 23.5 Å². The van der Waals surface area contributed by atoms with Crippen LogP contribution in [0.5, 0.6) is 0 Å². The van der Waals surface area contributed by atoms with Gasteiger partial charge >= 0.3 is 5.97 Å². The van der Waals surface area contributed by atoms with Gasteiger partial charge in [0.05, 0.1) is 22.4 Å². The zero-order valence-corrected chi connectivity index (χ0v) is 15.7. The highest BCUT2D eigenvalue weighted by Gasteiger charge is 2.18. The fraction of sp³-hybridized carbons (Fsp3) is 0.278. The van der Waals surface area contributed by atoms with Gasteiger partial charge in [-0.25, -0.2) is 8.78 Å². The second-order valence-corrected chi connectivity index (χ2v) is 6.76. The van der Waals surface area contributed by atoms with E-state index >= 15 is 0 Å². The van der Waals surface area contributed by atoms with Crippen molar-refractivity contribution in [2.24, 2.45) is 4.99 Å². The summed E-state index contributed by atoms with van der Waals surface area (Å²) in [5.74, 6) is -1.88. The van der Waals surface area contributed by atoms with Crippen molar-refractivity contribution in [2.75, 3.05) is 6.61 Å². The quantitative estimate of drug-likeness (QED) is 0.635. The Bertz CT molecular complexity index is 1110. The molecule has 0 unspecified atom stereocenters. The first-order valence-electron chi connectivity index (χ1n) is 8.10. The zero-order chi connectivity index (χ0) is 19.7. The molecule has 2 aromatic heterocycles. The first-order chi connectivity index (χ1) is 12.8. The Hall–Kier alpha value is -2.81. The number of amides is 1. The summed E-state index contributed by atoms with van der Waals surface area (Å²) in [6.45, 7) is 4.76. The monoisotopic (exact) mass is 394 g/mol. The summed E-state index contributed by atoms with van der Waals surface area (Å²) in [7, 11) is 0. The molecule has 9 heteroatoms. The number of thiazole rings is 1. The van der Waals surface area contributed by atoms with Crippen LogP contribution >= 0.6 is 11.3 Å². The lowest BCUT2D eigenvalue weighted by Gasteiger charge is -2.05. The van der Waals surface area contributed by atoms with Crippen molar-refractivity contribution < 1.29 is 27.5 Å². The number of aryl methyl sites for hydroxylation is 2. The number of furan rings is 1. The van der Waals surface area contributed by atoms with Crippen molar-refractivity contribution in [1.29, 1.82) is 0 Å². The predicted molar refractivity (Wildman–Crippen MR) is 94.4 cm³/mol. The van der Waals surface area contributed by atoms with Gasteiger partial charge in [0.1, 0.15) is 23.9 Å². The number of fused-ring (bicyclic) bond motifs is 1. The van der Waals surface area contributed by atoms with E-state index in [0.717, 1.165) is 17.4 Å². The van der Waals surface area contributed by atoms with Gasteiger partial charge < -0.3 is 13.7 Å². The lowest BCUT2D eigenvalue weighted by atomic mass is 10.2. The zero-order valence-electron chi connectivity index (χ0n) is 14.8. The smallest absolute Gasteiger partial charge is 0.326 e. The van der Waals surface area contributed by atoms with Gasteiger partial charge in [-0.1, -0.05) is 11.3 Å². The highest BCUT2D eigenvalue weighted by Crippen LogP contribution is 2.23. The van der Waals surface area contributed by atoms with Gasteiger partial charge in [0.25, 0.3) is 5.91 Å². The molecular weight excluding hydrogens is 378 g/mol. The molecule has 6 nitrogen and oxygen atoms in total. The van der Waals surface area contributed by atoms with Crippen molar-refractivity contribution >= 4 is 33.4 Å². The summed E-state index contributed by atoms with van der Waals surface area (Å²) >= 11 is 0.905. The minimum absolute atomic E-state index is 0.0129. The highest BCUT2D eigenvalue weighted by atomic mass is 32.1. The Kier molecular flexibility index (Phi) is 5.22. The minimum atomic E-state index is -0.852. The maximum atomic E-state index is 14.3. The topological polar surface area (TPSA) is 73.8 Å². The van der Waals surface area contributed by atoms with E-state index in [1.807, 2.05) is 0 Å². The van der Waals surface area contributed by atoms with Crippen LogP contribution in [0, 0.1) is 25.5 Å². The first kappa shape index (κ1) is 19.0. The number of hydrogen-bond donors (Lipinski definition) is 0. The van der Waals surface area contributed by atoms with Crippen molar-refractivity contribution in [1.82, 2.24) is 4.57 Å². The molecule has 0 N–H and O–H groups in total. The summed E-state index contributed by atoms with van der Waals surface area (Å²) in [5.41, 5.74) is 0.250. The number of aromatic nitrogens is 1. The van der Waals surface area contributed by atoms with Crippen LogP contribution in [0.3, 0.4) is 0 Å². The number of hydrogen-bond acceptors (Lipinski definition) is 5. The normalized spacial score (nSPS) is 12.0. The standard InChI is InChI=1S/C18H16F2N2O4S/c1-4-25-15(23)8-22-16-13(20)6-11(19)7-14(16)27-18(22)21-17(24)12-5-9(2)26-10(12)3/h5-7H,4,8H2,1-3H3. The molecule has 0 atom stereocenters. The van der Waals surface area contributed by atoms with E-state index in [1.54, 1.807) is 26.8 Å². The number of esters is 1. The van der Waals surface area contributed by atoms with Gasteiger partial charge in [0, 0.05) is 6.07 Å². The number of ether oxygens (including phenoxy) is 1. The van der Waals surface area contributed by atoms with Crippen LogP contribution in [-0.4, -0.2) is 23.1 Å². The van der Waals surface area contributed by atoms with Gasteiger partial charge in [0.15, 0.2) is 10.6 Å². The number of benzene rings is 1. The molecule has 0 aliphatic heterocycles. The molecule has 0 radical (unpaired) electrons. The molecule has 0 aliphatic carbocycles. The third-order valence-corrected chi connectivity index (χ3v) is 4.78. The Morgan fingerprint density at radius 1 is 1.26 bits per heavy atom. The van der Waals surface area contributed by atoms with Gasteiger partial charge in [-0.3, -0.25) is 9.59 Å². The lowest BCUT2D eigenvalue weighted by Crippen LogP contribution is -2.23. The SMILES string of the molecule is CCOC(=O)Cn1c(=NC(=O)c2cc(C)oc2C)sc2cc(F)cc(F)c21. The summed E-state index contributed by atoms with van der Waals surface area (Å²) < 4.78 is 39.6. The molecule has 0 fully saturated rings. The van der Waals surface area contributed by atoms with Crippen molar-refractivity contribution in [3.05, 3.63) is 51.7 Å². The lowest BCUT2D eigenvalue weighted by molar-refractivity contribution is -0.143. The first-order valence-corrected chi connectivity index (χ1v) is 8.92. The van der Waals surface area contributed by atoms with Gasteiger partial charge in [-0.2, -0.15) is 4.99 Å². The molecule has 1 amide bonds. The van der Waals surface area contributed by atoms with Crippen LogP contribution in [0.15, 0.2) is 27.6 Å². The molecule has 0 saturated heterocycles. The fourth-order valence-corrected chi connectivity index (χ4v) is 3.75. The van der Waals surface area contributed by atoms with Gasteiger partial charge in [-0.15, -0.1) is 0 Å². The minimum Gasteiger partial charge on any atom is -0.466 e. The van der Waals surface area contributed by atoms with Gasteiger partial charge in [-0.05, 0) is 32.9 Å². The number of carbonyl (C=O) groups is 2. The van der Waals surface area contributed by atoms with E-state index in [-0.39, 0.29) is 33.7 Å². The van der Waals surface area contributed by atoms with Crippen LogP contribution in [0.1, 0.15) is 28.8 Å². The van der Waals surface area contributed by atoms with Crippen LogP contribution in [-0.2, 0) is 16.1 Å². The molecule has 0 spiro atoms. The second-order valence-electron chi connectivity index (χ2n) is 5.75. The van der Waals surface area contributed by atoms with E-state index in [0.29, 0.717) is 17.6 Å². The second kappa shape index (κ2) is 7.43. The van der Waals surface area contributed by atoms with E-state index in [9.17, 15) is 18.4 Å². The largest absolute Gasteiger partial charge is 0.466 e.